The summed E-state index contributed by atoms with van der Waals surface area (Å²) in [6, 6.07) is 12.0. The SMILES string of the molecule is COC(=O)c1c(-c2ccccc2)ccc(Cl)c1S(=O)[O-]. The van der Waals surface area contributed by atoms with E-state index in [0.29, 0.717) is 11.1 Å². The number of carbonyl (C=O) groups excluding carboxylic acids is 1. The van der Waals surface area contributed by atoms with Gasteiger partial charge in [0, 0.05) is 0 Å². The van der Waals surface area contributed by atoms with Crippen LogP contribution in [0.2, 0.25) is 5.02 Å². The molecule has 0 amide bonds. The summed E-state index contributed by atoms with van der Waals surface area (Å²) >= 11 is 3.24. The molecule has 2 rings (SSSR count). The summed E-state index contributed by atoms with van der Waals surface area (Å²) in [5, 5.41) is -0.0154. The smallest absolute Gasteiger partial charge is 0.339 e. The minimum Gasteiger partial charge on any atom is -0.768 e. The second-order valence-electron chi connectivity index (χ2n) is 3.89. The predicted molar refractivity (Wildman–Crippen MR) is 75.4 cm³/mol. The Hall–Kier alpha value is -1.69. The van der Waals surface area contributed by atoms with Crippen LogP contribution in [0, 0.1) is 0 Å². The number of carbonyl (C=O) groups is 1. The maximum atomic E-state index is 11.9. The standard InChI is InChI=1S/C14H11ClO4S/c1-19-14(16)12-10(9-5-3-2-4-6-9)7-8-11(15)13(12)20(17)18/h2-8H,1H3,(H,17,18)/p-1. The Labute approximate surface area is 123 Å². The molecular formula is C14H10ClO4S-. The zero-order valence-corrected chi connectivity index (χ0v) is 12.0. The van der Waals surface area contributed by atoms with E-state index in [9.17, 15) is 13.6 Å². The van der Waals surface area contributed by atoms with Gasteiger partial charge in [0.05, 0.1) is 22.6 Å². The molecule has 104 valence electrons. The summed E-state index contributed by atoms with van der Waals surface area (Å²) in [6.07, 6.45) is 0. The van der Waals surface area contributed by atoms with Crippen LogP contribution in [0.15, 0.2) is 47.4 Å². The van der Waals surface area contributed by atoms with Crippen LogP contribution in [0.5, 0.6) is 0 Å². The lowest BCUT2D eigenvalue weighted by Gasteiger charge is -2.16. The molecule has 0 fully saturated rings. The van der Waals surface area contributed by atoms with Gasteiger partial charge in [-0.05, 0) is 28.3 Å². The molecule has 20 heavy (non-hydrogen) atoms. The van der Waals surface area contributed by atoms with Crippen molar-refractivity contribution in [3.63, 3.8) is 0 Å². The Morgan fingerprint density at radius 2 is 1.85 bits per heavy atom. The van der Waals surface area contributed by atoms with Gasteiger partial charge in [-0.15, -0.1) is 0 Å². The first-order valence-corrected chi connectivity index (χ1v) is 7.07. The molecular weight excluding hydrogens is 300 g/mol. The molecule has 0 aromatic heterocycles. The van der Waals surface area contributed by atoms with E-state index < -0.39 is 17.0 Å². The molecule has 1 atom stereocenters. The first-order valence-electron chi connectivity index (χ1n) is 5.61. The van der Waals surface area contributed by atoms with Crippen molar-refractivity contribution in [3.8, 4) is 11.1 Å². The topological polar surface area (TPSA) is 66.4 Å². The van der Waals surface area contributed by atoms with E-state index in [4.69, 9.17) is 11.6 Å². The number of hydrogen-bond acceptors (Lipinski definition) is 4. The minimum absolute atomic E-state index is 0.0154. The normalized spacial score (nSPS) is 11.9. The van der Waals surface area contributed by atoms with Crippen LogP contribution in [-0.2, 0) is 15.8 Å². The Kier molecular flexibility index (Phi) is 4.54. The van der Waals surface area contributed by atoms with Gasteiger partial charge in [-0.3, -0.25) is 4.21 Å². The van der Waals surface area contributed by atoms with Gasteiger partial charge < -0.3 is 9.29 Å². The highest BCUT2D eigenvalue weighted by Gasteiger charge is 2.21. The fourth-order valence-corrected chi connectivity index (χ4v) is 2.82. The lowest BCUT2D eigenvalue weighted by molar-refractivity contribution is 0.0597. The van der Waals surface area contributed by atoms with E-state index in [2.05, 4.69) is 4.74 Å². The molecule has 6 heteroatoms. The van der Waals surface area contributed by atoms with Crippen molar-refractivity contribution in [2.45, 2.75) is 4.90 Å². The summed E-state index contributed by atoms with van der Waals surface area (Å²) in [7, 11) is 1.19. The van der Waals surface area contributed by atoms with Gasteiger partial charge >= 0.3 is 5.97 Å². The molecule has 2 aromatic rings. The average molecular weight is 310 g/mol. The molecule has 2 aromatic carbocycles. The highest BCUT2D eigenvalue weighted by Crippen LogP contribution is 2.33. The number of methoxy groups -OCH3 is 1. The third-order valence-corrected chi connectivity index (χ3v) is 3.94. The van der Waals surface area contributed by atoms with E-state index in [-0.39, 0.29) is 15.5 Å². The Morgan fingerprint density at radius 3 is 2.40 bits per heavy atom. The summed E-state index contributed by atoms with van der Waals surface area (Å²) in [5.41, 5.74) is 1.11. The van der Waals surface area contributed by atoms with Crippen LogP contribution in [0.1, 0.15) is 10.4 Å². The highest BCUT2D eigenvalue weighted by molar-refractivity contribution is 7.79. The molecule has 0 heterocycles. The first kappa shape index (κ1) is 14.7. The summed E-state index contributed by atoms with van der Waals surface area (Å²) < 4.78 is 27.4. The Balaban J connectivity index is 2.79. The predicted octanol–water partition coefficient (Wildman–Crippen LogP) is 3.03. The van der Waals surface area contributed by atoms with Gasteiger partial charge in [-0.25, -0.2) is 4.79 Å². The van der Waals surface area contributed by atoms with Crippen LogP contribution in [-0.4, -0.2) is 21.8 Å². The van der Waals surface area contributed by atoms with Crippen molar-refractivity contribution in [2.75, 3.05) is 7.11 Å². The molecule has 1 unspecified atom stereocenters. The van der Waals surface area contributed by atoms with E-state index in [1.54, 1.807) is 30.3 Å². The van der Waals surface area contributed by atoms with Crippen LogP contribution < -0.4 is 0 Å². The van der Waals surface area contributed by atoms with Crippen LogP contribution in [0.4, 0.5) is 0 Å². The highest BCUT2D eigenvalue weighted by atomic mass is 35.5. The van der Waals surface area contributed by atoms with Crippen molar-refractivity contribution in [3.05, 3.63) is 53.1 Å². The largest absolute Gasteiger partial charge is 0.768 e. The quantitative estimate of drug-likeness (QED) is 0.645. The van der Waals surface area contributed by atoms with Gasteiger partial charge in [0.2, 0.25) is 0 Å². The number of esters is 1. The van der Waals surface area contributed by atoms with E-state index in [0.717, 1.165) is 0 Å². The van der Waals surface area contributed by atoms with Crippen LogP contribution >= 0.6 is 11.6 Å². The molecule has 0 aliphatic carbocycles. The minimum atomic E-state index is -2.64. The molecule has 0 spiro atoms. The maximum Gasteiger partial charge on any atom is 0.339 e. The average Bonchev–Trinajstić information content (AvgIpc) is 2.46. The molecule has 4 nitrogen and oxygen atoms in total. The molecule has 0 saturated carbocycles. The summed E-state index contributed by atoms with van der Waals surface area (Å²) in [6.45, 7) is 0. The van der Waals surface area contributed by atoms with Crippen molar-refractivity contribution in [1.82, 2.24) is 0 Å². The molecule has 0 radical (unpaired) electrons. The number of benzene rings is 2. The fraction of sp³-hybridized carbons (Fsp3) is 0.0714. The van der Waals surface area contributed by atoms with Crippen molar-refractivity contribution in [1.29, 1.82) is 0 Å². The number of halogens is 1. The Morgan fingerprint density at radius 1 is 1.20 bits per heavy atom. The number of hydrogen-bond donors (Lipinski definition) is 0. The van der Waals surface area contributed by atoms with Gasteiger partial charge in [0.15, 0.2) is 0 Å². The molecule has 0 aliphatic rings. The van der Waals surface area contributed by atoms with Crippen molar-refractivity contribution < 1.29 is 18.3 Å². The van der Waals surface area contributed by atoms with Gasteiger partial charge in [-0.2, -0.15) is 0 Å². The van der Waals surface area contributed by atoms with Crippen LogP contribution in [0.3, 0.4) is 0 Å². The second-order valence-corrected chi connectivity index (χ2v) is 5.18. The van der Waals surface area contributed by atoms with E-state index >= 15 is 0 Å². The van der Waals surface area contributed by atoms with E-state index in [1.807, 2.05) is 6.07 Å². The maximum absolute atomic E-state index is 11.9. The fourth-order valence-electron chi connectivity index (χ4n) is 1.88. The van der Waals surface area contributed by atoms with Crippen molar-refractivity contribution >= 4 is 28.7 Å². The van der Waals surface area contributed by atoms with E-state index in [1.165, 1.54) is 13.2 Å². The monoisotopic (exact) mass is 309 g/mol. The third-order valence-electron chi connectivity index (χ3n) is 2.75. The summed E-state index contributed by atoms with van der Waals surface area (Å²) in [5.74, 6) is -0.745. The Bertz CT molecular complexity index is 670. The lowest BCUT2D eigenvalue weighted by Crippen LogP contribution is -2.09. The first-order chi connectivity index (χ1) is 9.56. The van der Waals surface area contributed by atoms with Gasteiger partial charge in [0.1, 0.15) is 0 Å². The molecule has 0 aliphatic heterocycles. The zero-order chi connectivity index (χ0) is 14.7. The van der Waals surface area contributed by atoms with Crippen molar-refractivity contribution in [2.24, 2.45) is 0 Å². The zero-order valence-electron chi connectivity index (χ0n) is 10.5. The second kappa shape index (κ2) is 6.17. The molecule has 0 N–H and O–H groups in total. The number of rotatable bonds is 3. The lowest BCUT2D eigenvalue weighted by atomic mass is 9.99. The molecule has 0 saturated heterocycles. The number of ether oxygens (including phenoxy) is 1. The van der Waals surface area contributed by atoms with Gasteiger partial charge in [0.25, 0.3) is 0 Å². The third kappa shape index (κ3) is 2.75. The van der Waals surface area contributed by atoms with Gasteiger partial charge in [-0.1, -0.05) is 48.0 Å². The molecule has 0 bridgehead atoms. The summed E-state index contributed by atoms with van der Waals surface area (Å²) in [4.78, 5) is 11.7. The van der Waals surface area contributed by atoms with Crippen LogP contribution in [0.25, 0.3) is 11.1 Å².